The van der Waals surface area contributed by atoms with E-state index in [1.807, 2.05) is 0 Å². The lowest BCUT2D eigenvalue weighted by Crippen LogP contribution is -2.37. The molecule has 0 aromatic carbocycles. The fourth-order valence-electron chi connectivity index (χ4n) is 2.33. The molecule has 0 atom stereocenters. The third kappa shape index (κ3) is 5.53. The molecular formula is C14H26O2Si. The highest BCUT2D eigenvalue weighted by atomic mass is 28.3. The Bertz CT molecular complexity index is 269. The molecule has 2 nitrogen and oxygen atoms in total. The minimum Gasteiger partial charge on any atom is -0.462 e. The first-order valence-electron chi connectivity index (χ1n) is 6.86. The van der Waals surface area contributed by atoms with Crippen molar-refractivity contribution in [3.63, 3.8) is 0 Å². The Hall–Kier alpha value is -0.573. The lowest BCUT2D eigenvalue weighted by Gasteiger charge is -2.36. The van der Waals surface area contributed by atoms with Crippen LogP contribution in [0.1, 0.15) is 39.0 Å². The van der Waals surface area contributed by atoms with Crippen LogP contribution in [0.5, 0.6) is 0 Å². The molecule has 1 aliphatic rings. The minimum atomic E-state index is -0.695. The topological polar surface area (TPSA) is 26.3 Å². The van der Waals surface area contributed by atoms with Gasteiger partial charge in [-0.1, -0.05) is 56.9 Å². The summed E-state index contributed by atoms with van der Waals surface area (Å²) in [6.07, 6.45) is 6.36. The van der Waals surface area contributed by atoms with Crippen molar-refractivity contribution in [3.8, 4) is 0 Å². The summed E-state index contributed by atoms with van der Waals surface area (Å²) in [5, 5.41) is 0. The maximum absolute atomic E-state index is 11.1. The Balaban J connectivity index is 1.87. The van der Waals surface area contributed by atoms with Crippen LogP contribution in [-0.4, -0.2) is 20.7 Å². The summed E-state index contributed by atoms with van der Waals surface area (Å²) in [5.41, 5.74) is 0.494. The molecule has 1 rings (SSSR count). The first kappa shape index (κ1) is 14.5. The zero-order valence-electron chi connectivity index (χ0n) is 11.4. The van der Waals surface area contributed by atoms with Gasteiger partial charge in [-0.25, -0.2) is 4.79 Å². The predicted molar refractivity (Wildman–Crippen MR) is 74.9 cm³/mol. The van der Waals surface area contributed by atoms with E-state index in [4.69, 9.17) is 4.74 Å². The average Bonchev–Trinajstić information content (AvgIpc) is 2.24. The van der Waals surface area contributed by atoms with Crippen LogP contribution in [0.3, 0.4) is 0 Å². The van der Waals surface area contributed by atoms with Gasteiger partial charge in [0, 0.05) is 5.57 Å². The maximum Gasteiger partial charge on any atom is 0.333 e. The van der Waals surface area contributed by atoms with E-state index in [1.165, 1.54) is 31.7 Å². The summed E-state index contributed by atoms with van der Waals surface area (Å²) in [4.78, 5) is 11.1. The molecule has 0 N–H and O–H groups in total. The average molecular weight is 254 g/mol. The van der Waals surface area contributed by atoms with Gasteiger partial charge in [0.05, 0.1) is 14.7 Å². The quantitative estimate of drug-likeness (QED) is 0.281. The highest BCUT2D eigenvalue weighted by Crippen LogP contribution is 2.36. The summed E-state index contributed by atoms with van der Waals surface area (Å²) >= 11 is 0. The molecule has 0 radical (unpaired) electrons. The lowest BCUT2D eigenvalue weighted by molar-refractivity contribution is -0.139. The third-order valence-electron chi connectivity index (χ3n) is 3.82. The molecule has 0 amide bonds. The van der Waals surface area contributed by atoms with E-state index in [-0.39, 0.29) is 5.97 Å². The molecule has 0 spiro atoms. The fraction of sp³-hybridized carbons (Fsp3) is 0.786. The van der Waals surface area contributed by atoms with Crippen LogP contribution in [0, 0.1) is 0 Å². The summed E-state index contributed by atoms with van der Waals surface area (Å²) in [6, 6.07) is 4.63. The van der Waals surface area contributed by atoms with Crippen molar-refractivity contribution in [2.45, 2.75) is 63.7 Å². The van der Waals surface area contributed by atoms with E-state index < -0.39 is 8.07 Å². The second-order valence-corrected chi connectivity index (χ2v) is 10.9. The molecule has 17 heavy (non-hydrogen) atoms. The van der Waals surface area contributed by atoms with E-state index in [9.17, 15) is 4.79 Å². The molecule has 1 saturated heterocycles. The number of esters is 1. The first-order chi connectivity index (χ1) is 8.03. The van der Waals surface area contributed by atoms with Gasteiger partial charge in [-0.15, -0.1) is 0 Å². The van der Waals surface area contributed by atoms with Crippen LogP contribution in [-0.2, 0) is 9.53 Å². The highest BCUT2D eigenvalue weighted by molar-refractivity contribution is 6.81. The van der Waals surface area contributed by atoms with Crippen molar-refractivity contribution < 1.29 is 9.53 Å². The Kier molecular flexibility index (Phi) is 5.96. The molecule has 1 heterocycles. The molecule has 0 unspecified atom stereocenters. The van der Waals surface area contributed by atoms with Gasteiger partial charge >= 0.3 is 5.97 Å². The first-order valence-corrected chi connectivity index (χ1v) is 9.98. The van der Waals surface area contributed by atoms with Crippen LogP contribution >= 0.6 is 0 Å². The Morgan fingerprint density at radius 2 is 1.88 bits per heavy atom. The third-order valence-corrected chi connectivity index (χ3v) is 8.50. The summed E-state index contributed by atoms with van der Waals surface area (Å²) in [7, 11) is -0.695. The molecule has 0 aromatic rings. The molecule has 0 aliphatic carbocycles. The van der Waals surface area contributed by atoms with Gasteiger partial charge in [0.15, 0.2) is 0 Å². The molecule has 0 saturated carbocycles. The summed E-state index contributed by atoms with van der Waals surface area (Å²) in [5.74, 6) is -0.251. The van der Waals surface area contributed by atoms with E-state index >= 15 is 0 Å². The number of carbonyl (C=O) groups excluding carboxylic acids is 1. The molecule has 1 fully saturated rings. The SMILES string of the molecule is C=C(C)C(=O)OCCCCCC[Si]1(C)CCC1. The van der Waals surface area contributed by atoms with E-state index in [2.05, 4.69) is 13.1 Å². The van der Waals surface area contributed by atoms with Crippen molar-refractivity contribution in [2.75, 3.05) is 6.61 Å². The monoisotopic (exact) mass is 254 g/mol. The smallest absolute Gasteiger partial charge is 0.333 e. The van der Waals surface area contributed by atoms with Gasteiger partial charge in [-0.2, -0.15) is 0 Å². The van der Waals surface area contributed by atoms with Crippen LogP contribution in [0.15, 0.2) is 12.2 Å². The van der Waals surface area contributed by atoms with Gasteiger partial charge < -0.3 is 4.74 Å². The van der Waals surface area contributed by atoms with Crippen molar-refractivity contribution >= 4 is 14.0 Å². The van der Waals surface area contributed by atoms with Crippen molar-refractivity contribution in [3.05, 3.63) is 12.2 Å². The largest absolute Gasteiger partial charge is 0.462 e. The van der Waals surface area contributed by atoms with Crippen LogP contribution in [0.2, 0.25) is 24.7 Å². The van der Waals surface area contributed by atoms with Gasteiger partial charge in [-0.3, -0.25) is 0 Å². The molecule has 3 heteroatoms. The van der Waals surface area contributed by atoms with Crippen LogP contribution in [0.4, 0.5) is 0 Å². The van der Waals surface area contributed by atoms with Crippen molar-refractivity contribution in [1.29, 1.82) is 0 Å². The van der Waals surface area contributed by atoms with Crippen LogP contribution in [0.25, 0.3) is 0 Å². The molecular weight excluding hydrogens is 228 g/mol. The van der Waals surface area contributed by atoms with E-state index in [0.29, 0.717) is 12.2 Å². The van der Waals surface area contributed by atoms with Gasteiger partial charge in [0.25, 0.3) is 0 Å². The molecule has 1 aliphatic heterocycles. The second kappa shape index (κ2) is 6.99. The minimum absolute atomic E-state index is 0.251. The van der Waals surface area contributed by atoms with Gasteiger partial charge in [0.1, 0.15) is 0 Å². The zero-order valence-corrected chi connectivity index (χ0v) is 12.4. The number of unbranched alkanes of at least 4 members (excludes halogenated alkanes) is 3. The molecule has 0 bridgehead atoms. The fourth-order valence-corrected chi connectivity index (χ4v) is 5.49. The number of hydrogen-bond acceptors (Lipinski definition) is 2. The number of ether oxygens (including phenoxy) is 1. The van der Waals surface area contributed by atoms with Crippen molar-refractivity contribution in [1.82, 2.24) is 0 Å². The number of rotatable bonds is 8. The second-order valence-electron chi connectivity index (χ2n) is 5.74. The highest BCUT2D eigenvalue weighted by Gasteiger charge is 2.32. The number of hydrogen-bond donors (Lipinski definition) is 0. The normalized spacial score (nSPS) is 17.3. The summed E-state index contributed by atoms with van der Waals surface area (Å²) < 4.78 is 5.05. The Morgan fingerprint density at radius 3 is 2.41 bits per heavy atom. The molecule has 0 aromatic heterocycles. The lowest BCUT2D eigenvalue weighted by atomic mass is 10.2. The molecule has 98 valence electrons. The van der Waals surface area contributed by atoms with Gasteiger partial charge in [-0.05, 0) is 13.3 Å². The van der Waals surface area contributed by atoms with Crippen LogP contribution < -0.4 is 0 Å². The standard InChI is InChI=1S/C14H26O2Si/c1-13(2)14(15)16-9-6-4-5-7-10-17(3)11-8-12-17/h1,4-12H2,2-3H3. The zero-order chi connectivity index (χ0) is 12.7. The van der Waals surface area contributed by atoms with E-state index in [0.717, 1.165) is 6.42 Å². The maximum atomic E-state index is 11.1. The Morgan fingerprint density at radius 1 is 1.24 bits per heavy atom. The van der Waals surface area contributed by atoms with E-state index in [1.54, 1.807) is 19.0 Å². The predicted octanol–water partition coefficient (Wildman–Crippen LogP) is 4.15. The number of carbonyl (C=O) groups is 1. The van der Waals surface area contributed by atoms with Gasteiger partial charge in [0.2, 0.25) is 0 Å². The Labute approximate surface area is 106 Å². The van der Waals surface area contributed by atoms with Crippen molar-refractivity contribution in [2.24, 2.45) is 0 Å². The summed E-state index contributed by atoms with van der Waals surface area (Å²) in [6.45, 7) is 8.35.